The van der Waals surface area contributed by atoms with Crippen LogP contribution in [-0.4, -0.2) is 23.9 Å². The van der Waals surface area contributed by atoms with Crippen molar-refractivity contribution in [2.75, 3.05) is 13.1 Å². The van der Waals surface area contributed by atoms with Gasteiger partial charge in [-0.25, -0.2) is 0 Å². The fourth-order valence-electron chi connectivity index (χ4n) is 1.59. The Kier molecular flexibility index (Phi) is 6.65. The van der Waals surface area contributed by atoms with Crippen LogP contribution in [0.4, 0.5) is 0 Å². The standard InChI is InChI=1S/C9H17NO.C2H6/c1-3-5-8-6-10(7-8)9(11)4-2;1-2/h8H,3-7H2,1-2H3;1-2H3. The van der Waals surface area contributed by atoms with Gasteiger partial charge in [-0.05, 0) is 12.3 Å². The summed E-state index contributed by atoms with van der Waals surface area (Å²) in [4.78, 5) is 13.0. The molecule has 0 atom stereocenters. The van der Waals surface area contributed by atoms with Crippen LogP contribution in [0.25, 0.3) is 0 Å². The summed E-state index contributed by atoms with van der Waals surface area (Å²) < 4.78 is 0. The van der Waals surface area contributed by atoms with Gasteiger partial charge in [-0.2, -0.15) is 0 Å². The number of likely N-dealkylation sites (tertiary alicyclic amines) is 1. The van der Waals surface area contributed by atoms with Gasteiger partial charge in [0.1, 0.15) is 0 Å². The number of hydrogen-bond donors (Lipinski definition) is 0. The Morgan fingerprint density at radius 3 is 2.23 bits per heavy atom. The lowest BCUT2D eigenvalue weighted by atomic mass is 9.95. The van der Waals surface area contributed by atoms with Crippen LogP contribution in [0.5, 0.6) is 0 Å². The SMILES string of the molecule is CC.CCCC1CN(C(=O)CC)C1. The number of carbonyl (C=O) groups is 1. The molecule has 0 spiro atoms. The van der Waals surface area contributed by atoms with E-state index in [1.165, 1.54) is 12.8 Å². The van der Waals surface area contributed by atoms with Crippen LogP contribution in [0.15, 0.2) is 0 Å². The molecule has 1 saturated heterocycles. The first-order valence-corrected chi connectivity index (χ1v) is 5.55. The highest BCUT2D eigenvalue weighted by atomic mass is 16.2. The summed E-state index contributed by atoms with van der Waals surface area (Å²) in [6.45, 7) is 10.2. The molecular weight excluding hydrogens is 162 g/mol. The molecule has 1 amide bonds. The Balaban J connectivity index is 0.000000671. The van der Waals surface area contributed by atoms with E-state index in [1.54, 1.807) is 0 Å². The summed E-state index contributed by atoms with van der Waals surface area (Å²) >= 11 is 0. The summed E-state index contributed by atoms with van der Waals surface area (Å²) in [5, 5.41) is 0. The maximum absolute atomic E-state index is 11.1. The lowest BCUT2D eigenvalue weighted by molar-refractivity contribution is -0.137. The van der Waals surface area contributed by atoms with E-state index < -0.39 is 0 Å². The minimum atomic E-state index is 0.317. The van der Waals surface area contributed by atoms with Crippen molar-refractivity contribution in [3.8, 4) is 0 Å². The topological polar surface area (TPSA) is 20.3 Å². The molecule has 0 N–H and O–H groups in total. The Hall–Kier alpha value is -0.530. The number of nitrogens with zero attached hydrogens (tertiary/aromatic N) is 1. The summed E-state index contributed by atoms with van der Waals surface area (Å²) in [5.74, 6) is 1.12. The smallest absolute Gasteiger partial charge is 0.222 e. The largest absolute Gasteiger partial charge is 0.342 e. The molecule has 2 heteroatoms. The van der Waals surface area contributed by atoms with Crippen molar-refractivity contribution in [1.82, 2.24) is 4.90 Å². The second-order valence-corrected chi connectivity index (χ2v) is 3.31. The molecule has 1 heterocycles. The minimum absolute atomic E-state index is 0.317. The van der Waals surface area contributed by atoms with E-state index in [-0.39, 0.29) is 0 Å². The number of rotatable bonds is 3. The maximum atomic E-state index is 11.1. The van der Waals surface area contributed by atoms with E-state index in [0.29, 0.717) is 12.3 Å². The monoisotopic (exact) mass is 185 g/mol. The van der Waals surface area contributed by atoms with Crippen molar-refractivity contribution >= 4 is 5.91 Å². The van der Waals surface area contributed by atoms with Gasteiger partial charge in [0.05, 0.1) is 0 Å². The average molecular weight is 185 g/mol. The van der Waals surface area contributed by atoms with Crippen molar-refractivity contribution in [3.63, 3.8) is 0 Å². The van der Waals surface area contributed by atoms with Gasteiger partial charge in [-0.15, -0.1) is 0 Å². The van der Waals surface area contributed by atoms with Crippen molar-refractivity contribution < 1.29 is 4.79 Å². The molecule has 0 aromatic carbocycles. The maximum Gasteiger partial charge on any atom is 0.222 e. The third-order valence-corrected chi connectivity index (χ3v) is 2.31. The van der Waals surface area contributed by atoms with Crippen molar-refractivity contribution in [2.45, 2.75) is 47.0 Å². The molecule has 1 fully saturated rings. The van der Waals surface area contributed by atoms with Crippen molar-refractivity contribution in [2.24, 2.45) is 5.92 Å². The van der Waals surface area contributed by atoms with E-state index in [1.807, 2.05) is 25.7 Å². The molecule has 0 aromatic heterocycles. The molecule has 78 valence electrons. The predicted octanol–water partition coefficient (Wildman–Crippen LogP) is 2.68. The fourth-order valence-corrected chi connectivity index (χ4v) is 1.59. The van der Waals surface area contributed by atoms with E-state index in [2.05, 4.69) is 6.92 Å². The summed E-state index contributed by atoms with van der Waals surface area (Å²) in [6.07, 6.45) is 3.20. The summed E-state index contributed by atoms with van der Waals surface area (Å²) in [5.41, 5.74) is 0. The van der Waals surface area contributed by atoms with E-state index in [9.17, 15) is 4.79 Å². The van der Waals surface area contributed by atoms with Crippen LogP contribution in [0, 0.1) is 5.92 Å². The Bertz CT molecular complexity index is 139. The van der Waals surface area contributed by atoms with E-state index in [4.69, 9.17) is 0 Å². The van der Waals surface area contributed by atoms with Crippen LogP contribution in [0.2, 0.25) is 0 Å². The Labute approximate surface area is 82.3 Å². The zero-order valence-electron chi connectivity index (χ0n) is 9.47. The van der Waals surface area contributed by atoms with Gasteiger partial charge >= 0.3 is 0 Å². The van der Waals surface area contributed by atoms with Gasteiger partial charge in [0.15, 0.2) is 0 Å². The van der Waals surface area contributed by atoms with Crippen LogP contribution in [0.3, 0.4) is 0 Å². The Morgan fingerprint density at radius 2 is 1.85 bits per heavy atom. The number of hydrogen-bond acceptors (Lipinski definition) is 1. The van der Waals surface area contributed by atoms with Gasteiger partial charge in [-0.3, -0.25) is 4.79 Å². The first-order chi connectivity index (χ1) is 6.27. The molecule has 0 aliphatic carbocycles. The lowest BCUT2D eigenvalue weighted by Gasteiger charge is -2.39. The van der Waals surface area contributed by atoms with Gasteiger partial charge in [0.2, 0.25) is 5.91 Å². The van der Waals surface area contributed by atoms with Gasteiger partial charge in [-0.1, -0.05) is 34.1 Å². The normalized spacial score (nSPS) is 15.8. The van der Waals surface area contributed by atoms with Crippen molar-refractivity contribution in [3.05, 3.63) is 0 Å². The second-order valence-electron chi connectivity index (χ2n) is 3.31. The van der Waals surface area contributed by atoms with Gasteiger partial charge in [0, 0.05) is 19.5 Å². The predicted molar refractivity (Wildman–Crippen MR) is 56.6 cm³/mol. The highest BCUT2D eigenvalue weighted by molar-refractivity contribution is 5.76. The number of carbonyl (C=O) groups excluding carboxylic acids is 1. The zero-order valence-corrected chi connectivity index (χ0v) is 9.47. The Morgan fingerprint density at radius 1 is 1.31 bits per heavy atom. The van der Waals surface area contributed by atoms with Crippen LogP contribution >= 0.6 is 0 Å². The molecular formula is C11H23NO. The number of amides is 1. The van der Waals surface area contributed by atoms with Crippen LogP contribution in [0.1, 0.15) is 47.0 Å². The molecule has 0 bridgehead atoms. The second kappa shape index (κ2) is 6.93. The first-order valence-electron chi connectivity index (χ1n) is 5.55. The lowest BCUT2D eigenvalue weighted by Crippen LogP contribution is -2.49. The average Bonchev–Trinajstić information content (AvgIpc) is 2.13. The molecule has 2 nitrogen and oxygen atoms in total. The van der Waals surface area contributed by atoms with Gasteiger partial charge in [0.25, 0.3) is 0 Å². The highest BCUT2D eigenvalue weighted by Gasteiger charge is 2.28. The summed E-state index contributed by atoms with van der Waals surface area (Å²) in [7, 11) is 0. The van der Waals surface area contributed by atoms with E-state index >= 15 is 0 Å². The molecule has 1 rings (SSSR count). The third-order valence-electron chi connectivity index (χ3n) is 2.31. The molecule has 0 aromatic rings. The third kappa shape index (κ3) is 3.79. The molecule has 1 aliphatic rings. The van der Waals surface area contributed by atoms with E-state index in [0.717, 1.165) is 19.0 Å². The molecule has 0 unspecified atom stereocenters. The first kappa shape index (κ1) is 12.5. The van der Waals surface area contributed by atoms with Gasteiger partial charge < -0.3 is 4.90 Å². The molecule has 0 radical (unpaired) electrons. The summed E-state index contributed by atoms with van der Waals surface area (Å²) in [6, 6.07) is 0. The minimum Gasteiger partial charge on any atom is -0.342 e. The molecule has 1 aliphatic heterocycles. The quantitative estimate of drug-likeness (QED) is 0.662. The highest BCUT2D eigenvalue weighted by Crippen LogP contribution is 2.20. The van der Waals surface area contributed by atoms with Crippen LogP contribution in [-0.2, 0) is 4.79 Å². The van der Waals surface area contributed by atoms with Crippen molar-refractivity contribution in [1.29, 1.82) is 0 Å². The van der Waals surface area contributed by atoms with Crippen LogP contribution < -0.4 is 0 Å². The fraction of sp³-hybridized carbons (Fsp3) is 0.909. The zero-order chi connectivity index (χ0) is 10.3. The molecule has 0 saturated carbocycles. The molecule has 13 heavy (non-hydrogen) atoms.